The molecule has 1 N–H and O–H groups in total. The number of piperazine rings is 1. The second-order valence-corrected chi connectivity index (χ2v) is 10.4. The Morgan fingerprint density at radius 3 is 2.47 bits per heavy atom. The molecule has 6 nitrogen and oxygen atoms in total. The molecule has 2 saturated heterocycles. The summed E-state index contributed by atoms with van der Waals surface area (Å²) >= 11 is 0. The SMILES string of the molecule is C[C@H]1CCCCN1CCCNC(=O)[C@H](C1CCCC1)N1CCN(C(=O)c2cccc(F)c2)CC1. The van der Waals surface area contributed by atoms with Crippen LogP contribution in [0.2, 0.25) is 0 Å². The number of hydrogen-bond acceptors (Lipinski definition) is 4. The van der Waals surface area contributed by atoms with Crippen LogP contribution in [0.4, 0.5) is 4.39 Å². The van der Waals surface area contributed by atoms with Crippen molar-refractivity contribution in [2.45, 2.75) is 70.4 Å². The third-order valence-electron chi connectivity index (χ3n) is 8.04. The van der Waals surface area contributed by atoms with E-state index in [1.165, 1.54) is 50.8 Å². The maximum Gasteiger partial charge on any atom is 0.254 e. The molecule has 188 valence electrons. The molecule has 0 unspecified atom stereocenters. The number of likely N-dealkylation sites (tertiary alicyclic amines) is 1. The lowest BCUT2D eigenvalue weighted by Crippen LogP contribution is -2.58. The number of carbonyl (C=O) groups is 2. The quantitative estimate of drug-likeness (QED) is 0.588. The van der Waals surface area contributed by atoms with Crippen molar-refractivity contribution >= 4 is 11.8 Å². The molecule has 0 radical (unpaired) electrons. The summed E-state index contributed by atoms with van der Waals surface area (Å²) in [5.41, 5.74) is 0.390. The van der Waals surface area contributed by atoms with Crippen LogP contribution >= 0.6 is 0 Å². The zero-order chi connectivity index (χ0) is 23.9. The predicted molar refractivity (Wildman–Crippen MR) is 132 cm³/mol. The van der Waals surface area contributed by atoms with Gasteiger partial charge < -0.3 is 15.1 Å². The normalized spacial score (nSPS) is 23.7. The number of benzene rings is 1. The highest BCUT2D eigenvalue weighted by Crippen LogP contribution is 2.31. The van der Waals surface area contributed by atoms with Gasteiger partial charge >= 0.3 is 0 Å². The molecule has 2 heterocycles. The smallest absolute Gasteiger partial charge is 0.254 e. The Bertz CT molecular complexity index is 821. The van der Waals surface area contributed by atoms with Crippen molar-refractivity contribution < 1.29 is 14.0 Å². The van der Waals surface area contributed by atoms with Crippen LogP contribution in [0.25, 0.3) is 0 Å². The van der Waals surface area contributed by atoms with Gasteiger partial charge in [-0.3, -0.25) is 14.5 Å². The fourth-order valence-electron chi connectivity index (χ4n) is 6.05. The van der Waals surface area contributed by atoms with Gasteiger partial charge in [-0.25, -0.2) is 4.39 Å². The minimum absolute atomic E-state index is 0.108. The van der Waals surface area contributed by atoms with E-state index in [2.05, 4.69) is 22.0 Å². The van der Waals surface area contributed by atoms with E-state index in [4.69, 9.17) is 0 Å². The van der Waals surface area contributed by atoms with E-state index in [9.17, 15) is 14.0 Å². The van der Waals surface area contributed by atoms with Crippen molar-refractivity contribution in [3.8, 4) is 0 Å². The van der Waals surface area contributed by atoms with Crippen molar-refractivity contribution in [2.75, 3.05) is 45.8 Å². The first-order chi connectivity index (χ1) is 16.5. The lowest BCUT2D eigenvalue weighted by Gasteiger charge is -2.41. The molecule has 1 aromatic carbocycles. The Balaban J connectivity index is 1.29. The Kier molecular flexibility index (Phi) is 8.95. The number of nitrogens with one attached hydrogen (secondary N) is 1. The summed E-state index contributed by atoms with van der Waals surface area (Å²) in [5.74, 6) is 0.0289. The van der Waals surface area contributed by atoms with Crippen LogP contribution in [-0.2, 0) is 4.79 Å². The first kappa shape index (κ1) is 25.1. The fourth-order valence-corrected chi connectivity index (χ4v) is 6.05. The zero-order valence-corrected chi connectivity index (χ0v) is 20.7. The maximum atomic E-state index is 13.6. The van der Waals surface area contributed by atoms with Crippen LogP contribution in [0.1, 0.15) is 68.6 Å². The van der Waals surface area contributed by atoms with Gasteiger partial charge in [0.05, 0.1) is 6.04 Å². The molecule has 3 fully saturated rings. The first-order valence-electron chi connectivity index (χ1n) is 13.3. The number of rotatable bonds is 8. The van der Waals surface area contributed by atoms with E-state index in [1.54, 1.807) is 17.0 Å². The van der Waals surface area contributed by atoms with Gasteiger partial charge in [0.1, 0.15) is 5.82 Å². The zero-order valence-electron chi connectivity index (χ0n) is 20.7. The molecule has 1 aromatic rings. The predicted octanol–water partition coefficient (Wildman–Crippen LogP) is 3.52. The average molecular weight is 473 g/mol. The van der Waals surface area contributed by atoms with Crippen LogP contribution in [0.3, 0.4) is 0 Å². The first-order valence-corrected chi connectivity index (χ1v) is 13.3. The minimum Gasteiger partial charge on any atom is -0.355 e. The monoisotopic (exact) mass is 472 g/mol. The highest BCUT2D eigenvalue weighted by molar-refractivity contribution is 5.94. The molecule has 1 saturated carbocycles. The summed E-state index contributed by atoms with van der Waals surface area (Å²) < 4.78 is 13.6. The number of amides is 2. The van der Waals surface area contributed by atoms with Crippen LogP contribution in [0.5, 0.6) is 0 Å². The Morgan fingerprint density at radius 2 is 1.76 bits per heavy atom. The molecule has 7 heteroatoms. The van der Waals surface area contributed by atoms with Gasteiger partial charge in [0.2, 0.25) is 5.91 Å². The summed E-state index contributed by atoms with van der Waals surface area (Å²) in [6, 6.07) is 6.44. The molecular formula is C27H41FN4O2. The van der Waals surface area contributed by atoms with E-state index in [1.807, 2.05) is 0 Å². The summed E-state index contributed by atoms with van der Waals surface area (Å²) in [7, 11) is 0. The molecular weight excluding hydrogens is 431 g/mol. The Labute approximate surface area is 203 Å². The molecule has 2 aliphatic heterocycles. The van der Waals surface area contributed by atoms with Gasteiger partial charge in [-0.2, -0.15) is 0 Å². The maximum absolute atomic E-state index is 13.6. The van der Waals surface area contributed by atoms with Crippen LogP contribution in [0, 0.1) is 11.7 Å². The van der Waals surface area contributed by atoms with Gasteiger partial charge in [-0.05, 0) is 69.7 Å². The van der Waals surface area contributed by atoms with Gasteiger partial charge in [0.15, 0.2) is 0 Å². The van der Waals surface area contributed by atoms with E-state index in [0.29, 0.717) is 43.7 Å². The summed E-state index contributed by atoms with van der Waals surface area (Å²) in [5, 5.41) is 3.25. The molecule has 34 heavy (non-hydrogen) atoms. The Hall–Kier alpha value is -1.99. The van der Waals surface area contributed by atoms with E-state index in [-0.39, 0.29) is 17.9 Å². The number of piperidine rings is 1. The average Bonchev–Trinajstić information content (AvgIpc) is 3.37. The minimum atomic E-state index is -0.391. The molecule has 3 aliphatic rings. The molecule has 4 rings (SSSR count). The fraction of sp³-hybridized carbons (Fsp3) is 0.704. The number of hydrogen-bond donors (Lipinski definition) is 1. The summed E-state index contributed by atoms with van der Waals surface area (Å²) in [6.07, 6.45) is 9.48. The summed E-state index contributed by atoms with van der Waals surface area (Å²) in [4.78, 5) is 32.8. The number of nitrogens with zero attached hydrogens (tertiary/aromatic N) is 3. The standard InChI is InChI=1S/C27H41FN4O2/c1-21-8-4-5-14-30(21)15-7-13-29-26(33)25(22-9-2-3-10-22)31-16-18-32(19-17-31)27(34)23-11-6-12-24(28)20-23/h6,11-12,20-22,25H,2-5,7-10,13-19H2,1H3,(H,29,33)/t21-,25-/m0/s1. The van der Waals surface area contributed by atoms with Crippen molar-refractivity contribution in [1.82, 2.24) is 20.0 Å². The largest absolute Gasteiger partial charge is 0.355 e. The van der Waals surface area contributed by atoms with Crippen LogP contribution in [0.15, 0.2) is 24.3 Å². The second kappa shape index (κ2) is 12.1. The van der Waals surface area contributed by atoms with E-state index < -0.39 is 5.82 Å². The highest BCUT2D eigenvalue weighted by atomic mass is 19.1. The topological polar surface area (TPSA) is 55.9 Å². The van der Waals surface area contributed by atoms with Crippen LogP contribution < -0.4 is 5.32 Å². The van der Waals surface area contributed by atoms with Gasteiger partial charge in [-0.15, -0.1) is 0 Å². The third-order valence-corrected chi connectivity index (χ3v) is 8.04. The Morgan fingerprint density at radius 1 is 1.03 bits per heavy atom. The lowest BCUT2D eigenvalue weighted by molar-refractivity contribution is -0.129. The molecule has 2 amide bonds. The number of carbonyl (C=O) groups excluding carboxylic acids is 2. The van der Waals surface area contributed by atoms with Crippen LogP contribution in [-0.4, -0.2) is 84.4 Å². The molecule has 0 aromatic heterocycles. The number of halogens is 1. The lowest BCUT2D eigenvalue weighted by atomic mass is 9.95. The highest BCUT2D eigenvalue weighted by Gasteiger charge is 2.37. The molecule has 2 atom stereocenters. The van der Waals surface area contributed by atoms with Gasteiger partial charge in [0, 0.05) is 50.9 Å². The molecule has 0 spiro atoms. The molecule has 1 aliphatic carbocycles. The molecule has 0 bridgehead atoms. The van der Waals surface area contributed by atoms with Crippen molar-refractivity contribution in [2.24, 2.45) is 5.92 Å². The van der Waals surface area contributed by atoms with E-state index in [0.717, 1.165) is 32.4 Å². The van der Waals surface area contributed by atoms with Gasteiger partial charge in [-0.1, -0.05) is 25.3 Å². The van der Waals surface area contributed by atoms with Gasteiger partial charge in [0.25, 0.3) is 5.91 Å². The van der Waals surface area contributed by atoms with Crippen molar-refractivity contribution in [3.05, 3.63) is 35.6 Å². The van der Waals surface area contributed by atoms with Crippen molar-refractivity contribution in [1.29, 1.82) is 0 Å². The van der Waals surface area contributed by atoms with E-state index >= 15 is 0 Å². The van der Waals surface area contributed by atoms with Crippen molar-refractivity contribution in [3.63, 3.8) is 0 Å². The third kappa shape index (κ3) is 6.36. The second-order valence-electron chi connectivity index (χ2n) is 10.4. The summed E-state index contributed by atoms with van der Waals surface area (Å²) in [6.45, 7) is 7.77.